The summed E-state index contributed by atoms with van der Waals surface area (Å²) in [6, 6.07) is 9.29. The Bertz CT molecular complexity index is 379. The van der Waals surface area contributed by atoms with E-state index in [1.54, 1.807) is 0 Å². The number of amides is 3. The molecular formula is C12H17N3O2. The highest BCUT2D eigenvalue weighted by Gasteiger charge is 2.07. The first-order valence-electron chi connectivity index (χ1n) is 5.44. The summed E-state index contributed by atoms with van der Waals surface area (Å²) >= 11 is 0. The van der Waals surface area contributed by atoms with Crippen molar-refractivity contribution in [2.24, 2.45) is 5.73 Å². The first-order valence-corrected chi connectivity index (χ1v) is 5.44. The summed E-state index contributed by atoms with van der Waals surface area (Å²) in [5.41, 5.74) is 6.02. The minimum atomic E-state index is -0.826. The smallest absolute Gasteiger partial charge is 0.318 e. The van der Waals surface area contributed by atoms with Crippen LogP contribution in [0.2, 0.25) is 0 Å². The standard InChI is InChI=1S/C12H17N3O2/c1-9(7-10-5-3-2-4-6-10)14-8-11(16)15-12(13)17/h2-6,9,14H,7-8H2,1H3,(H3,13,15,16,17). The molecule has 92 valence electrons. The van der Waals surface area contributed by atoms with Gasteiger partial charge in [-0.05, 0) is 18.9 Å². The van der Waals surface area contributed by atoms with Gasteiger partial charge in [-0.3, -0.25) is 10.1 Å². The summed E-state index contributed by atoms with van der Waals surface area (Å²) in [7, 11) is 0. The first kappa shape index (κ1) is 13.2. The molecule has 0 saturated heterocycles. The van der Waals surface area contributed by atoms with E-state index in [2.05, 4.69) is 5.32 Å². The molecule has 0 fully saturated rings. The number of benzene rings is 1. The van der Waals surface area contributed by atoms with Crippen molar-refractivity contribution < 1.29 is 9.59 Å². The lowest BCUT2D eigenvalue weighted by Gasteiger charge is -2.13. The molecule has 0 aromatic heterocycles. The normalized spacial score (nSPS) is 11.8. The lowest BCUT2D eigenvalue weighted by atomic mass is 10.1. The van der Waals surface area contributed by atoms with Crippen LogP contribution in [0.15, 0.2) is 30.3 Å². The fourth-order valence-electron chi connectivity index (χ4n) is 1.49. The van der Waals surface area contributed by atoms with Gasteiger partial charge in [-0.25, -0.2) is 4.79 Å². The minimum Gasteiger partial charge on any atom is -0.351 e. The Morgan fingerprint density at radius 1 is 1.29 bits per heavy atom. The number of nitrogens with two attached hydrogens (primary N) is 1. The lowest BCUT2D eigenvalue weighted by molar-refractivity contribution is -0.119. The van der Waals surface area contributed by atoms with E-state index >= 15 is 0 Å². The van der Waals surface area contributed by atoms with Crippen molar-refractivity contribution >= 4 is 11.9 Å². The fraction of sp³-hybridized carbons (Fsp3) is 0.333. The highest BCUT2D eigenvalue weighted by Crippen LogP contribution is 2.02. The molecular weight excluding hydrogens is 218 g/mol. The van der Waals surface area contributed by atoms with Gasteiger partial charge in [0.25, 0.3) is 0 Å². The van der Waals surface area contributed by atoms with Crippen molar-refractivity contribution in [1.29, 1.82) is 0 Å². The van der Waals surface area contributed by atoms with Gasteiger partial charge in [-0.2, -0.15) is 0 Å². The Balaban J connectivity index is 2.28. The molecule has 0 heterocycles. The number of nitrogens with one attached hydrogen (secondary N) is 2. The predicted octanol–water partition coefficient (Wildman–Crippen LogP) is 0.402. The highest BCUT2D eigenvalue weighted by atomic mass is 16.2. The Kier molecular flexibility index (Phi) is 5.16. The second kappa shape index (κ2) is 6.65. The Hall–Kier alpha value is -1.88. The van der Waals surface area contributed by atoms with Crippen LogP contribution >= 0.6 is 0 Å². The minimum absolute atomic E-state index is 0.0803. The largest absolute Gasteiger partial charge is 0.351 e. The molecule has 0 aliphatic rings. The summed E-state index contributed by atoms with van der Waals surface area (Å²) in [5, 5.41) is 5.02. The Morgan fingerprint density at radius 2 is 1.94 bits per heavy atom. The Morgan fingerprint density at radius 3 is 2.53 bits per heavy atom. The molecule has 0 radical (unpaired) electrons. The quantitative estimate of drug-likeness (QED) is 0.690. The van der Waals surface area contributed by atoms with E-state index in [4.69, 9.17) is 5.73 Å². The molecule has 1 atom stereocenters. The van der Waals surface area contributed by atoms with Gasteiger partial charge in [-0.15, -0.1) is 0 Å². The van der Waals surface area contributed by atoms with Crippen molar-refractivity contribution in [1.82, 2.24) is 10.6 Å². The van der Waals surface area contributed by atoms with Crippen molar-refractivity contribution in [2.45, 2.75) is 19.4 Å². The zero-order chi connectivity index (χ0) is 12.7. The third-order valence-electron chi connectivity index (χ3n) is 2.26. The molecule has 0 spiro atoms. The number of imide groups is 1. The lowest BCUT2D eigenvalue weighted by Crippen LogP contribution is -2.43. The van der Waals surface area contributed by atoms with Crippen LogP contribution in [0.1, 0.15) is 12.5 Å². The number of carbonyl (C=O) groups is 2. The molecule has 17 heavy (non-hydrogen) atoms. The molecule has 0 aliphatic heterocycles. The fourth-order valence-corrected chi connectivity index (χ4v) is 1.49. The zero-order valence-electron chi connectivity index (χ0n) is 9.77. The number of hydrogen-bond donors (Lipinski definition) is 3. The van der Waals surface area contributed by atoms with E-state index in [1.807, 2.05) is 42.6 Å². The molecule has 1 unspecified atom stereocenters. The van der Waals surface area contributed by atoms with Crippen LogP contribution < -0.4 is 16.4 Å². The second-order valence-corrected chi connectivity index (χ2v) is 3.88. The molecule has 4 N–H and O–H groups in total. The third kappa shape index (κ3) is 5.67. The van der Waals surface area contributed by atoms with E-state index in [0.29, 0.717) is 0 Å². The molecule has 1 rings (SSSR count). The van der Waals surface area contributed by atoms with Crippen LogP contribution in [0.5, 0.6) is 0 Å². The van der Waals surface area contributed by atoms with Gasteiger partial charge < -0.3 is 11.1 Å². The van der Waals surface area contributed by atoms with Crippen molar-refractivity contribution in [3.63, 3.8) is 0 Å². The van der Waals surface area contributed by atoms with Crippen molar-refractivity contribution in [3.8, 4) is 0 Å². The molecule has 3 amide bonds. The SMILES string of the molecule is CC(Cc1ccccc1)NCC(=O)NC(N)=O. The van der Waals surface area contributed by atoms with Gasteiger partial charge in [0.15, 0.2) is 0 Å². The Labute approximate surface area is 100 Å². The van der Waals surface area contributed by atoms with Gasteiger partial charge in [0.05, 0.1) is 6.54 Å². The monoisotopic (exact) mass is 235 g/mol. The van der Waals surface area contributed by atoms with E-state index in [1.165, 1.54) is 5.56 Å². The highest BCUT2D eigenvalue weighted by molar-refractivity contribution is 5.94. The maximum atomic E-state index is 11.1. The van der Waals surface area contributed by atoms with Crippen molar-refractivity contribution in [3.05, 3.63) is 35.9 Å². The van der Waals surface area contributed by atoms with Crippen LogP contribution in [0.4, 0.5) is 4.79 Å². The van der Waals surface area contributed by atoms with E-state index in [-0.39, 0.29) is 12.6 Å². The predicted molar refractivity (Wildman–Crippen MR) is 65.3 cm³/mol. The summed E-state index contributed by atoms with van der Waals surface area (Å²) < 4.78 is 0. The molecule has 5 heteroatoms. The van der Waals surface area contributed by atoms with Crippen LogP contribution in [0, 0.1) is 0 Å². The molecule has 1 aromatic rings. The molecule has 5 nitrogen and oxygen atoms in total. The van der Waals surface area contributed by atoms with E-state index in [0.717, 1.165) is 6.42 Å². The second-order valence-electron chi connectivity index (χ2n) is 3.88. The average molecular weight is 235 g/mol. The van der Waals surface area contributed by atoms with Crippen LogP contribution in [-0.2, 0) is 11.2 Å². The van der Waals surface area contributed by atoms with Gasteiger partial charge in [0.1, 0.15) is 0 Å². The molecule has 0 bridgehead atoms. The zero-order valence-corrected chi connectivity index (χ0v) is 9.77. The van der Waals surface area contributed by atoms with Crippen LogP contribution in [0.25, 0.3) is 0 Å². The number of primary amides is 1. The van der Waals surface area contributed by atoms with Gasteiger partial charge in [0, 0.05) is 6.04 Å². The summed E-state index contributed by atoms with van der Waals surface area (Å²) in [5.74, 6) is -0.419. The average Bonchev–Trinajstić information content (AvgIpc) is 2.27. The summed E-state index contributed by atoms with van der Waals surface area (Å²) in [4.78, 5) is 21.5. The van der Waals surface area contributed by atoms with Gasteiger partial charge >= 0.3 is 6.03 Å². The van der Waals surface area contributed by atoms with E-state index < -0.39 is 11.9 Å². The maximum absolute atomic E-state index is 11.1. The maximum Gasteiger partial charge on any atom is 0.318 e. The first-order chi connectivity index (χ1) is 8.08. The molecule has 0 aliphatic carbocycles. The summed E-state index contributed by atoms with van der Waals surface area (Å²) in [6.07, 6.45) is 0.824. The van der Waals surface area contributed by atoms with Crippen molar-refractivity contribution in [2.75, 3.05) is 6.54 Å². The number of urea groups is 1. The number of rotatable bonds is 5. The third-order valence-corrected chi connectivity index (χ3v) is 2.26. The van der Waals surface area contributed by atoms with Gasteiger partial charge in [-0.1, -0.05) is 30.3 Å². The molecule has 0 saturated carbocycles. The summed E-state index contributed by atoms with van der Waals surface area (Å²) in [6.45, 7) is 2.06. The number of carbonyl (C=O) groups excluding carboxylic acids is 2. The topological polar surface area (TPSA) is 84.2 Å². The molecule has 1 aromatic carbocycles. The van der Waals surface area contributed by atoms with E-state index in [9.17, 15) is 9.59 Å². The van der Waals surface area contributed by atoms with Gasteiger partial charge in [0.2, 0.25) is 5.91 Å². The van der Waals surface area contributed by atoms with Crippen LogP contribution in [0.3, 0.4) is 0 Å². The number of hydrogen-bond acceptors (Lipinski definition) is 3. The van der Waals surface area contributed by atoms with Crippen LogP contribution in [-0.4, -0.2) is 24.5 Å².